The van der Waals surface area contributed by atoms with Crippen LogP contribution in [0.4, 0.5) is 4.79 Å². The van der Waals surface area contributed by atoms with E-state index >= 15 is 0 Å². The summed E-state index contributed by atoms with van der Waals surface area (Å²) in [6.45, 7) is 1.86. The first kappa shape index (κ1) is 13.8. The van der Waals surface area contributed by atoms with Gasteiger partial charge in [-0.2, -0.15) is 0 Å². The molecule has 0 aromatic heterocycles. The lowest BCUT2D eigenvalue weighted by Gasteiger charge is -2.14. The maximum Gasteiger partial charge on any atom is 0.322 e. The zero-order chi connectivity index (χ0) is 14.4. The van der Waals surface area contributed by atoms with E-state index in [1.165, 1.54) is 0 Å². The third kappa shape index (κ3) is 3.68. The van der Waals surface area contributed by atoms with Crippen LogP contribution in [-0.4, -0.2) is 11.9 Å². The van der Waals surface area contributed by atoms with E-state index < -0.39 is 11.9 Å². The molecule has 2 N–H and O–H groups in total. The van der Waals surface area contributed by atoms with Crippen molar-refractivity contribution in [2.45, 2.75) is 13.0 Å². The van der Waals surface area contributed by atoms with Crippen molar-refractivity contribution in [1.29, 1.82) is 0 Å². The van der Waals surface area contributed by atoms with Gasteiger partial charge >= 0.3 is 6.03 Å². The molecule has 2 rings (SSSR count). The summed E-state index contributed by atoms with van der Waals surface area (Å²) in [6.07, 6.45) is 0. The van der Waals surface area contributed by atoms with Crippen LogP contribution in [0.5, 0.6) is 0 Å². The van der Waals surface area contributed by atoms with Gasteiger partial charge in [-0.25, -0.2) is 4.79 Å². The Morgan fingerprint density at radius 3 is 2.05 bits per heavy atom. The van der Waals surface area contributed by atoms with E-state index in [1.54, 1.807) is 24.3 Å². The van der Waals surface area contributed by atoms with Gasteiger partial charge in [-0.1, -0.05) is 48.5 Å². The molecule has 3 amide bonds. The summed E-state index contributed by atoms with van der Waals surface area (Å²) in [4.78, 5) is 23.6. The zero-order valence-corrected chi connectivity index (χ0v) is 11.2. The highest BCUT2D eigenvalue weighted by Gasteiger charge is 2.12. The Hall–Kier alpha value is -2.62. The van der Waals surface area contributed by atoms with E-state index in [0.717, 1.165) is 5.56 Å². The Morgan fingerprint density at radius 2 is 1.45 bits per heavy atom. The van der Waals surface area contributed by atoms with Gasteiger partial charge in [0.25, 0.3) is 5.91 Å². The smallest absolute Gasteiger partial charge is 0.322 e. The molecule has 1 unspecified atom stereocenters. The number of carbonyl (C=O) groups excluding carboxylic acids is 2. The fraction of sp³-hybridized carbons (Fsp3) is 0.125. The van der Waals surface area contributed by atoms with Crippen LogP contribution in [0.2, 0.25) is 0 Å². The minimum atomic E-state index is -0.504. The molecule has 0 saturated carbocycles. The van der Waals surface area contributed by atoms with Crippen LogP contribution in [0.25, 0.3) is 0 Å². The van der Waals surface area contributed by atoms with Crippen molar-refractivity contribution >= 4 is 11.9 Å². The first-order valence-electron chi connectivity index (χ1n) is 6.38. The molecule has 2 aromatic rings. The van der Waals surface area contributed by atoms with Gasteiger partial charge in [0.2, 0.25) is 0 Å². The average Bonchev–Trinajstić information content (AvgIpc) is 2.49. The minimum Gasteiger partial charge on any atom is -0.331 e. The standard InChI is InChI=1S/C16H16N2O2/c1-12(13-8-4-2-5-9-13)17-16(20)18-15(19)14-10-6-3-7-11-14/h2-12H,1H3,(H2,17,18,19,20). The van der Waals surface area contributed by atoms with E-state index in [0.29, 0.717) is 5.56 Å². The molecular formula is C16H16N2O2. The number of benzene rings is 2. The number of nitrogens with one attached hydrogen (secondary N) is 2. The lowest BCUT2D eigenvalue weighted by molar-refractivity contribution is 0.0963. The topological polar surface area (TPSA) is 58.2 Å². The van der Waals surface area contributed by atoms with Gasteiger partial charge in [0.05, 0.1) is 6.04 Å². The minimum absolute atomic E-state index is 0.167. The summed E-state index contributed by atoms with van der Waals surface area (Å²) in [5.41, 5.74) is 1.44. The van der Waals surface area contributed by atoms with Crippen LogP contribution >= 0.6 is 0 Å². The van der Waals surface area contributed by atoms with Crippen molar-refractivity contribution in [2.75, 3.05) is 0 Å². The van der Waals surface area contributed by atoms with Crippen LogP contribution in [-0.2, 0) is 0 Å². The Morgan fingerprint density at radius 1 is 0.900 bits per heavy atom. The summed E-state index contributed by atoms with van der Waals surface area (Å²) in [6, 6.07) is 17.5. The van der Waals surface area contributed by atoms with E-state index in [9.17, 15) is 9.59 Å². The maximum atomic E-state index is 11.8. The van der Waals surface area contributed by atoms with Crippen molar-refractivity contribution in [3.8, 4) is 0 Å². The monoisotopic (exact) mass is 268 g/mol. The van der Waals surface area contributed by atoms with Gasteiger partial charge in [0, 0.05) is 5.56 Å². The average molecular weight is 268 g/mol. The molecule has 0 radical (unpaired) electrons. The molecule has 0 fully saturated rings. The maximum absolute atomic E-state index is 11.8. The van der Waals surface area contributed by atoms with Gasteiger partial charge in [-0.05, 0) is 24.6 Å². The summed E-state index contributed by atoms with van der Waals surface area (Å²) in [7, 11) is 0. The van der Waals surface area contributed by atoms with E-state index in [4.69, 9.17) is 0 Å². The Balaban J connectivity index is 1.91. The molecule has 0 aliphatic carbocycles. The SMILES string of the molecule is CC(NC(=O)NC(=O)c1ccccc1)c1ccccc1. The molecule has 0 bridgehead atoms. The molecule has 0 spiro atoms. The second kappa shape index (κ2) is 6.52. The summed E-state index contributed by atoms with van der Waals surface area (Å²) < 4.78 is 0. The van der Waals surface area contributed by atoms with E-state index in [1.807, 2.05) is 43.3 Å². The number of hydrogen-bond acceptors (Lipinski definition) is 2. The lowest BCUT2D eigenvalue weighted by atomic mass is 10.1. The number of rotatable bonds is 3. The molecule has 1 atom stereocenters. The zero-order valence-electron chi connectivity index (χ0n) is 11.2. The van der Waals surface area contributed by atoms with Crippen molar-refractivity contribution in [1.82, 2.24) is 10.6 Å². The van der Waals surface area contributed by atoms with Crippen molar-refractivity contribution < 1.29 is 9.59 Å². The number of amides is 3. The predicted molar refractivity (Wildman–Crippen MR) is 77.3 cm³/mol. The molecule has 2 aromatic carbocycles. The highest BCUT2D eigenvalue weighted by Crippen LogP contribution is 2.10. The molecular weight excluding hydrogens is 252 g/mol. The molecule has 4 nitrogen and oxygen atoms in total. The number of urea groups is 1. The van der Waals surface area contributed by atoms with Crippen LogP contribution in [0.1, 0.15) is 28.9 Å². The second-order valence-corrected chi connectivity index (χ2v) is 4.43. The van der Waals surface area contributed by atoms with Gasteiger partial charge in [-0.3, -0.25) is 10.1 Å². The van der Waals surface area contributed by atoms with Crippen molar-refractivity contribution in [3.05, 3.63) is 71.8 Å². The lowest BCUT2D eigenvalue weighted by Crippen LogP contribution is -2.40. The Bertz CT molecular complexity index is 582. The first-order valence-corrected chi connectivity index (χ1v) is 6.38. The fourth-order valence-corrected chi connectivity index (χ4v) is 1.82. The molecule has 0 aliphatic rings. The van der Waals surface area contributed by atoms with E-state index in [2.05, 4.69) is 10.6 Å². The second-order valence-electron chi connectivity index (χ2n) is 4.43. The molecule has 20 heavy (non-hydrogen) atoms. The number of hydrogen-bond donors (Lipinski definition) is 2. The van der Waals surface area contributed by atoms with Crippen LogP contribution < -0.4 is 10.6 Å². The quantitative estimate of drug-likeness (QED) is 0.899. The summed E-state index contributed by atoms with van der Waals surface area (Å²) >= 11 is 0. The normalized spacial score (nSPS) is 11.4. The first-order chi connectivity index (χ1) is 9.66. The van der Waals surface area contributed by atoms with Gasteiger partial charge in [-0.15, -0.1) is 0 Å². The third-order valence-corrected chi connectivity index (χ3v) is 2.91. The van der Waals surface area contributed by atoms with Crippen LogP contribution in [0.3, 0.4) is 0 Å². The summed E-state index contributed by atoms with van der Waals surface area (Å²) in [5.74, 6) is -0.414. The van der Waals surface area contributed by atoms with Gasteiger partial charge in [0.15, 0.2) is 0 Å². The van der Waals surface area contributed by atoms with E-state index in [-0.39, 0.29) is 6.04 Å². The third-order valence-electron chi connectivity index (χ3n) is 2.91. The van der Waals surface area contributed by atoms with Crippen molar-refractivity contribution in [3.63, 3.8) is 0 Å². The summed E-state index contributed by atoms with van der Waals surface area (Å²) in [5, 5.41) is 5.03. The highest BCUT2D eigenvalue weighted by atomic mass is 16.2. The Kier molecular flexibility index (Phi) is 4.50. The highest BCUT2D eigenvalue weighted by molar-refractivity contribution is 6.04. The van der Waals surface area contributed by atoms with Crippen LogP contribution in [0.15, 0.2) is 60.7 Å². The molecule has 0 saturated heterocycles. The molecule has 4 heteroatoms. The van der Waals surface area contributed by atoms with Gasteiger partial charge in [0.1, 0.15) is 0 Å². The fourth-order valence-electron chi connectivity index (χ4n) is 1.82. The number of carbonyl (C=O) groups is 2. The van der Waals surface area contributed by atoms with Crippen LogP contribution in [0, 0.1) is 0 Å². The van der Waals surface area contributed by atoms with Crippen molar-refractivity contribution in [2.24, 2.45) is 0 Å². The number of imide groups is 1. The van der Waals surface area contributed by atoms with Gasteiger partial charge < -0.3 is 5.32 Å². The largest absolute Gasteiger partial charge is 0.331 e. The molecule has 0 aliphatic heterocycles. The molecule has 0 heterocycles. The predicted octanol–water partition coefficient (Wildman–Crippen LogP) is 2.89. The Labute approximate surface area is 117 Å². The molecule has 102 valence electrons.